The number of nitrogens with zero attached hydrogens (tertiary/aromatic N) is 1. The van der Waals surface area contributed by atoms with Gasteiger partial charge >= 0.3 is 0 Å². The number of carbonyl (C=O) groups excluding carboxylic acids is 1. The van der Waals surface area contributed by atoms with Crippen molar-refractivity contribution in [2.24, 2.45) is 10.6 Å². The molecular formula is C20H35ClN4O4S. The Morgan fingerprint density at radius 3 is 2.30 bits per heavy atom. The molecule has 1 amide bonds. The molecular weight excluding hydrogens is 428 g/mol. The number of carbonyl (C=O) groups is 1. The number of hydrogen-bond acceptors (Lipinski definition) is 5. The zero-order valence-electron chi connectivity index (χ0n) is 18.9. The van der Waals surface area contributed by atoms with E-state index in [9.17, 15) is 13.2 Å². The van der Waals surface area contributed by atoms with Crippen molar-refractivity contribution >= 4 is 45.6 Å². The van der Waals surface area contributed by atoms with Crippen molar-refractivity contribution in [1.82, 2.24) is 0 Å². The quantitative estimate of drug-likeness (QED) is 0.576. The third-order valence-corrected chi connectivity index (χ3v) is 5.74. The Labute approximate surface area is 186 Å². The zero-order valence-corrected chi connectivity index (χ0v) is 20.5. The smallest absolute Gasteiger partial charge is 0.296 e. The SMILES string of the molecule is CCCN1c2c(c(C)c(NS(N)(=O)=O)c(C)c2NC(=O)C(C)(C)C)CC1COC.Cl. The van der Waals surface area contributed by atoms with Gasteiger partial charge in [0.05, 0.1) is 29.7 Å². The van der Waals surface area contributed by atoms with Crippen LogP contribution in [0.3, 0.4) is 0 Å². The first-order valence-electron chi connectivity index (χ1n) is 9.85. The fourth-order valence-electron chi connectivity index (χ4n) is 3.78. The van der Waals surface area contributed by atoms with E-state index in [1.54, 1.807) is 14.0 Å². The highest BCUT2D eigenvalue weighted by molar-refractivity contribution is 7.90. The van der Waals surface area contributed by atoms with E-state index in [1.165, 1.54) is 0 Å². The molecule has 0 saturated carbocycles. The van der Waals surface area contributed by atoms with Gasteiger partial charge < -0.3 is 15.0 Å². The minimum absolute atomic E-state index is 0. The minimum atomic E-state index is -3.96. The average Bonchev–Trinajstić information content (AvgIpc) is 2.93. The second-order valence-electron chi connectivity index (χ2n) is 8.69. The van der Waals surface area contributed by atoms with E-state index in [-0.39, 0.29) is 24.4 Å². The first-order valence-corrected chi connectivity index (χ1v) is 11.4. The maximum absolute atomic E-state index is 12.8. The Bertz CT molecular complexity index is 897. The van der Waals surface area contributed by atoms with Crippen molar-refractivity contribution in [2.75, 3.05) is 35.2 Å². The molecule has 1 unspecified atom stereocenters. The van der Waals surface area contributed by atoms with Crippen molar-refractivity contribution in [1.29, 1.82) is 0 Å². The van der Waals surface area contributed by atoms with E-state index in [0.29, 0.717) is 30.0 Å². The van der Waals surface area contributed by atoms with Gasteiger partial charge in [-0.05, 0) is 43.4 Å². The monoisotopic (exact) mass is 462 g/mol. The number of ether oxygens (including phenoxy) is 1. The van der Waals surface area contributed by atoms with Gasteiger partial charge in [-0.25, -0.2) is 5.14 Å². The number of fused-ring (bicyclic) bond motifs is 1. The number of rotatable bonds is 7. The Kier molecular flexibility index (Phi) is 8.58. The lowest BCUT2D eigenvalue weighted by molar-refractivity contribution is -0.123. The molecule has 0 spiro atoms. The van der Waals surface area contributed by atoms with Gasteiger partial charge in [0.25, 0.3) is 10.2 Å². The number of anilines is 3. The summed E-state index contributed by atoms with van der Waals surface area (Å²) in [7, 11) is -2.29. The summed E-state index contributed by atoms with van der Waals surface area (Å²) in [5, 5.41) is 8.32. The number of nitrogens with one attached hydrogen (secondary N) is 2. The number of nitrogens with two attached hydrogens (primary N) is 1. The average molecular weight is 463 g/mol. The third kappa shape index (κ3) is 5.57. The van der Waals surface area contributed by atoms with Crippen LogP contribution in [0.2, 0.25) is 0 Å². The van der Waals surface area contributed by atoms with E-state index in [2.05, 4.69) is 21.9 Å². The van der Waals surface area contributed by atoms with Crippen molar-refractivity contribution in [3.63, 3.8) is 0 Å². The molecule has 1 heterocycles. The Balaban J connectivity index is 0.00000450. The largest absolute Gasteiger partial charge is 0.383 e. The van der Waals surface area contributed by atoms with E-state index in [1.807, 2.05) is 27.7 Å². The Hall–Kier alpha value is -1.55. The number of hydrogen-bond donors (Lipinski definition) is 3. The van der Waals surface area contributed by atoms with Crippen LogP contribution < -0.4 is 20.1 Å². The molecule has 0 aliphatic carbocycles. The summed E-state index contributed by atoms with van der Waals surface area (Å²) in [6.45, 7) is 12.7. The van der Waals surface area contributed by atoms with Gasteiger partial charge in [0.2, 0.25) is 5.91 Å². The molecule has 1 atom stereocenters. The summed E-state index contributed by atoms with van der Waals surface area (Å²) in [6, 6.07) is 0.114. The van der Waals surface area contributed by atoms with Gasteiger partial charge in [0, 0.05) is 19.1 Å². The molecule has 0 fully saturated rings. The number of benzene rings is 1. The highest BCUT2D eigenvalue weighted by atomic mass is 35.5. The van der Waals surface area contributed by atoms with Crippen LogP contribution in [0.15, 0.2) is 0 Å². The molecule has 30 heavy (non-hydrogen) atoms. The number of halogens is 1. The maximum atomic E-state index is 12.8. The molecule has 10 heteroatoms. The van der Waals surface area contributed by atoms with Crippen LogP contribution >= 0.6 is 12.4 Å². The molecule has 1 aromatic rings. The third-order valence-electron chi connectivity index (χ3n) is 5.26. The number of amides is 1. The van der Waals surface area contributed by atoms with Crippen LogP contribution in [-0.2, 0) is 26.2 Å². The van der Waals surface area contributed by atoms with Gasteiger partial charge in [0.1, 0.15) is 0 Å². The zero-order chi connectivity index (χ0) is 22.1. The topological polar surface area (TPSA) is 114 Å². The van der Waals surface area contributed by atoms with Crippen LogP contribution in [0, 0.1) is 19.3 Å². The van der Waals surface area contributed by atoms with Crippen LogP contribution in [0.25, 0.3) is 0 Å². The molecule has 8 nitrogen and oxygen atoms in total. The van der Waals surface area contributed by atoms with Crippen molar-refractivity contribution in [3.8, 4) is 0 Å². The van der Waals surface area contributed by atoms with Gasteiger partial charge in [-0.3, -0.25) is 9.52 Å². The molecule has 0 bridgehead atoms. The Morgan fingerprint density at radius 2 is 1.83 bits per heavy atom. The predicted molar refractivity (Wildman–Crippen MR) is 125 cm³/mol. The van der Waals surface area contributed by atoms with E-state index in [0.717, 1.165) is 29.8 Å². The second kappa shape index (κ2) is 9.72. The molecule has 1 aromatic carbocycles. The van der Waals surface area contributed by atoms with Gasteiger partial charge in [-0.15, -0.1) is 12.4 Å². The standard InChI is InChI=1S/C20H34N4O4S.ClH/c1-8-9-24-14(11-28-7)10-15-12(2)16(23-29(21,26)27)13(3)17(18(15)24)22-19(25)20(4,5)6;/h14,23H,8-11H2,1-7H3,(H,22,25)(H2,21,26,27);1H. The summed E-state index contributed by atoms with van der Waals surface area (Å²) < 4.78 is 31.4. The van der Waals surface area contributed by atoms with Crippen LogP contribution in [0.4, 0.5) is 17.1 Å². The van der Waals surface area contributed by atoms with E-state index < -0.39 is 15.6 Å². The molecule has 172 valence electrons. The van der Waals surface area contributed by atoms with Gasteiger partial charge in [0.15, 0.2) is 0 Å². The highest BCUT2D eigenvalue weighted by Gasteiger charge is 2.36. The van der Waals surface area contributed by atoms with Gasteiger partial charge in [-0.1, -0.05) is 27.7 Å². The van der Waals surface area contributed by atoms with Crippen molar-refractivity contribution in [3.05, 3.63) is 16.7 Å². The van der Waals surface area contributed by atoms with Gasteiger partial charge in [-0.2, -0.15) is 8.42 Å². The summed E-state index contributed by atoms with van der Waals surface area (Å²) in [5.74, 6) is -0.139. The fourth-order valence-corrected chi connectivity index (χ4v) is 4.37. The first kappa shape index (κ1) is 26.5. The summed E-state index contributed by atoms with van der Waals surface area (Å²) in [5.41, 5.74) is 3.86. The molecule has 1 aliphatic heterocycles. The normalized spacial score (nSPS) is 16.1. The van der Waals surface area contributed by atoms with Crippen molar-refractivity contribution in [2.45, 2.75) is 60.4 Å². The van der Waals surface area contributed by atoms with Crippen molar-refractivity contribution < 1.29 is 17.9 Å². The summed E-state index contributed by atoms with van der Waals surface area (Å²) in [6.07, 6.45) is 1.63. The van der Waals surface area contributed by atoms with Crippen LogP contribution in [0.5, 0.6) is 0 Å². The van der Waals surface area contributed by atoms with Crippen LogP contribution in [-0.4, -0.2) is 40.6 Å². The molecule has 0 aromatic heterocycles. The highest BCUT2D eigenvalue weighted by Crippen LogP contribution is 2.47. The van der Waals surface area contributed by atoms with Crippen LogP contribution in [0.1, 0.15) is 50.8 Å². The molecule has 4 N–H and O–H groups in total. The molecule has 2 rings (SSSR count). The minimum Gasteiger partial charge on any atom is -0.383 e. The van der Waals surface area contributed by atoms with E-state index in [4.69, 9.17) is 9.88 Å². The lowest BCUT2D eigenvalue weighted by Crippen LogP contribution is -2.37. The lowest BCUT2D eigenvalue weighted by Gasteiger charge is -2.30. The number of methoxy groups -OCH3 is 1. The lowest BCUT2D eigenvalue weighted by atomic mass is 9.93. The molecule has 1 aliphatic rings. The van der Waals surface area contributed by atoms with E-state index >= 15 is 0 Å². The summed E-state index contributed by atoms with van der Waals surface area (Å²) in [4.78, 5) is 15.1. The second-order valence-corrected chi connectivity index (χ2v) is 9.98. The predicted octanol–water partition coefficient (Wildman–Crippen LogP) is 3.11. The summed E-state index contributed by atoms with van der Waals surface area (Å²) >= 11 is 0. The first-order chi connectivity index (χ1) is 13.3. The maximum Gasteiger partial charge on any atom is 0.296 e. The fraction of sp³-hybridized carbons (Fsp3) is 0.650. The molecule has 0 saturated heterocycles. The molecule has 0 radical (unpaired) electrons. The Morgan fingerprint density at radius 1 is 1.23 bits per heavy atom.